The summed E-state index contributed by atoms with van der Waals surface area (Å²) in [4.78, 5) is 18.4. The highest BCUT2D eigenvalue weighted by Crippen LogP contribution is 2.35. The number of aromatic amines is 1. The number of ether oxygens (including phenoxy) is 1. The zero-order valence-electron chi connectivity index (χ0n) is 18.4. The van der Waals surface area contributed by atoms with E-state index in [1.165, 1.54) is 12.8 Å². The van der Waals surface area contributed by atoms with Gasteiger partial charge in [0.05, 0.1) is 19.6 Å². The first kappa shape index (κ1) is 21.2. The predicted molar refractivity (Wildman–Crippen MR) is 120 cm³/mol. The van der Waals surface area contributed by atoms with Crippen LogP contribution >= 0.6 is 0 Å². The quantitative estimate of drug-likeness (QED) is 0.563. The second-order valence-electron chi connectivity index (χ2n) is 8.93. The standard InChI is InChI=1S/C24H31N5O3/c30-21(26-17-24(9-3-4-10-24)29-11-13-31-14-12-29)7-8-22-27-28-23(32-22)15-18-16-25-20-6-2-1-5-19(18)20/h1-2,5-6,16,25H,3-4,7-15,17H2,(H,26,30). The molecule has 2 aliphatic rings. The van der Waals surface area contributed by atoms with Gasteiger partial charge < -0.3 is 19.5 Å². The van der Waals surface area contributed by atoms with E-state index < -0.39 is 0 Å². The number of benzene rings is 1. The second kappa shape index (κ2) is 9.42. The molecule has 0 spiro atoms. The Labute approximate surface area is 187 Å². The summed E-state index contributed by atoms with van der Waals surface area (Å²) in [6.07, 6.45) is 8.12. The van der Waals surface area contributed by atoms with Crippen molar-refractivity contribution in [2.45, 2.75) is 50.5 Å². The van der Waals surface area contributed by atoms with Gasteiger partial charge in [-0.25, -0.2) is 0 Å². The summed E-state index contributed by atoms with van der Waals surface area (Å²) in [6, 6.07) is 8.16. The van der Waals surface area contributed by atoms with Gasteiger partial charge >= 0.3 is 0 Å². The Hall–Kier alpha value is -2.71. The molecule has 3 aromatic rings. The topological polar surface area (TPSA) is 96.3 Å². The van der Waals surface area contributed by atoms with Crippen molar-refractivity contribution in [3.8, 4) is 0 Å². The minimum absolute atomic E-state index is 0.0425. The third-order valence-electron chi connectivity index (χ3n) is 6.92. The van der Waals surface area contributed by atoms with Gasteiger partial charge in [-0.05, 0) is 24.5 Å². The third-order valence-corrected chi connectivity index (χ3v) is 6.92. The van der Waals surface area contributed by atoms with Crippen molar-refractivity contribution in [3.05, 3.63) is 47.8 Å². The van der Waals surface area contributed by atoms with Gasteiger partial charge in [-0.1, -0.05) is 31.0 Å². The molecule has 2 aromatic heterocycles. The molecule has 1 aliphatic carbocycles. The molecule has 0 atom stereocenters. The van der Waals surface area contributed by atoms with Crippen molar-refractivity contribution in [2.24, 2.45) is 0 Å². The molecule has 1 aromatic carbocycles. The van der Waals surface area contributed by atoms with Gasteiger partial charge in [0.15, 0.2) is 0 Å². The van der Waals surface area contributed by atoms with Gasteiger partial charge in [-0.2, -0.15) is 0 Å². The molecule has 1 amide bonds. The molecule has 2 fully saturated rings. The number of fused-ring (bicyclic) bond motifs is 1. The number of rotatable bonds is 8. The number of aryl methyl sites for hydroxylation is 1. The van der Waals surface area contributed by atoms with Crippen molar-refractivity contribution in [1.82, 2.24) is 25.4 Å². The molecule has 170 valence electrons. The number of amides is 1. The molecule has 0 unspecified atom stereocenters. The molecular formula is C24H31N5O3. The molecule has 0 bridgehead atoms. The Kier molecular flexibility index (Phi) is 6.23. The van der Waals surface area contributed by atoms with Crippen molar-refractivity contribution in [2.75, 3.05) is 32.8 Å². The van der Waals surface area contributed by atoms with E-state index in [4.69, 9.17) is 9.15 Å². The van der Waals surface area contributed by atoms with Crippen molar-refractivity contribution in [1.29, 1.82) is 0 Å². The zero-order chi connectivity index (χ0) is 21.8. The number of aromatic nitrogens is 3. The van der Waals surface area contributed by atoms with Crippen LogP contribution in [0.4, 0.5) is 0 Å². The zero-order valence-corrected chi connectivity index (χ0v) is 18.4. The largest absolute Gasteiger partial charge is 0.425 e. The summed E-state index contributed by atoms with van der Waals surface area (Å²) in [5, 5.41) is 12.7. The van der Waals surface area contributed by atoms with Crippen LogP contribution in [-0.4, -0.2) is 64.4 Å². The number of H-pyrrole nitrogens is 1. The van der Waals surface area contributed by atoms with Gasteiger partial charge in [0.25, 0.3) is 0 Å². The Morgan fingerprint density at radius 3 is 2.75 bits per heavy atom. The van der Waals surface area contributed by atoms with Crippen molar-refractivity contribution < 1.29 is 13.9 Å². The Morgan fingerprint density at radius 1 is 1.12 bits per heavy atom. The maximum atomic E-state index is 12.6. The van der Waals surface area contributed by atoms with Crippen LogP contribution in [0.25, 0.3) is 10.9 Å². The van der Waals surface area contributed by atoms with Gasteiger partial charge in [0, 0.05) is 55.1 Å². The van der Waals surface area contributed by atoms with E-state index >= 15 is 0 Å². The van der Waals surface area contributed by atoms with Crippen LogP contribution in [-0.2, 0) is 22.4 Å². The van der Waals surface area contributed by atoms with Gasteiger partial charge in [0.2, 0.25) is 17.7 Å². The van der Waals surface area contributed by atoms with E-state index in [1.807, 2.05) is 24.4 Å². The summed E-state index contributed by atoms with van der Waals surface area (Å²) < 4.78 is 11.3. The summed E-state index contributed by atoms with van der Waals surface area (Å²) in [5.41, 5.74) is 2.31. The smallest absolute Gasteiger partial charge is 0.221 e. The van der Waals surface area contributed by atoms with E-state index in [0.29, 0.717) is 37.6 Å². The lowest BCUT2D eigenvalue weighted by molar-refractivity contribution is -0.122. The van der Waals surface area contributed by atoms with E-state index in [-0.39, 0.29) is 11.4 Å². The summed E-state index contributed by atoms with van der Waals surface area (Å²) >= 11 is 0. The lowest BCUT2D eigenvalue weighted by atomic mass is 9.94. The highest BCUT2D eigenvalue weighted by molar-refractivity contribution is 5.83. The van der Waals surface area contributed by atoms with Crippen LogP contribution in [0.2, 0.25) is 0 Å². The number of nitrogens with zero attached hydrogens (tertiary/aromatic N) is 3. The molecular weight excluding hydrogens is 406 g/mol. The normalized spacial score (nSPS) is 18.9. The average molecular weight is 438 g/mol. The minimum atomic E-state index is 0.0425. The lowest BCUT2D eigenvalue weighted by Gasteiger charge is -2.43. The second-order valence-corrected chi connectivity index (χ2v) is 8.93. The van der Waals surface area contributed by atoms with Gasteiger partial charge in [-0.3, -0.25) is 9.69 Å². The van der Waals surface area contributed by atoms with Crippen LogP contribution in [0.3, 0.4) is 0 Å². The van der Waals surface area contributed by atoms with Crippen LogP contribution in [0.5, 0.6) is 0 Å². The summed E-state index contributed by atoms with van der Waals surface area (Å²) in [5.74, 6) is 1.13. The number of hydrogen-bond donors (Lipinski definition) is 2. The van der Waals surface area contributed by atoms with E-state index in [2.05, 4.69) is 31.5 Å². The molecule has 8 heteroatoms. The first-order chi connectivity index (χ1) is 15.7. The molecule has 32 heavy (non-hydrogen) atoms. The maximum absolute atomic E-state index is 12.6. The SMILES string of the molecule is O=C(CCc1nnc(Cc2c[nH]c3ccccc23)o1)NCC1(N2CCOCC2)CCCC1. The number of nitrogens with one attached hydrogen (secondary N) is 2. The number of carbonyl (C=O) groups excluding carboxylic acids is 1. The van der Waals surface area contributed by atoms with Crippen molar-refractivity contribution >= 4 is 16.8 Å². The van der Waals surface area contributed by atoms with Gasteiger partial charge in [0.1, 0.15) is 0 Å². The fourth-order valence-corrected chi connectivity index (χ4v) is 5.15. The third kappa shape index (κ3) is 4.56. The van der Waals surface area contributed by atoms with E-state index in [0.717, 1.165) is 55.6 Å². The van der Waals surface area contributed by atoms with E-state index in [1.54, 1.807) is 0 Å². The lowest BCUT2D eigenvalue weighted by Crippen LogP contribution is -2.57. The highest BCUT2D eigenvalue weighted by Gasteiger charge is 2.40. The molecule has 3 heterocycles. The molecule has 1 saturated heterocycles. The maximum Gasteiger partial charge on any atom is 0.221 e. The number of morpholine rings is 1. The first-order valence-corrected chi connectivity index (χ1v) is 11.7. The molecule has 2 N–H and O–H groups in total. The van der Waals surface area contributed by atoms with Gasteiger partial charge in [-0.15, -0.1) is 10.2 Å². The van der Waals surface area contributed by atoms with E-state index in [9.17, 15) is 4.79 Å². The number of carbonyl (C=O) groups is 1. The molecule has 0 radical (unpaired) electrons. The first-order valence-electron chi connectivity index (χ1n) is 11.7. The molecule has 1 aliphatic heterocycles. The fourth-order valence-electron chi connectivity index (χ4n) is 5.15. The highest BCUT2D eigenvalue weighted by atomic mass is 16.5. The molecule has 8 nitrogen and oxygen atoms in total. The van der Waals surface area contributed by atoms with Crippen LogP contribution in [0, 0.1) is 0 Å². The number of hydrogen-bond acceptors (Lipinski definition) is 6. The van der Waals surface area contributed by atoms with Crippen LogP contribution < -0.4 is 5.32 Å². The monoisotopic (exact) mass is 437 g/mol. The Morgan fingerprint density at radius 2 is 1.91 bits per heavy atom. The fraction of sp³-hybridized carbons (Fsp3) is 0.542. The van der Waals surface area contributed by atoms with Crippen LogP contribution in [0.1, 0.15) is 49.4 Å². The predicted octanol–water partition coefficient (Wildman–Crippen LogP) is 2.84. The Bertz CT molecular complexity index is 1050. The van der Waals surface area contributed by atoms with Crippen LogP contribution in [0.15, 0.2) is 34.9 Å². The molecule has 1 saturated carbocycles. The summed E-state index contributed by atoms with van der Waals surface area (Å²) in [7, 11) is 0. The Balaban J connectivity index is 1.12. The number of para-hydroxylation sites is 1. The average Bonchev–Trinajstić information content (AvgIpc) is 3.58. The molecule has 5 rings (SSSR count). The summed E-state index contributed by atoms with van der Waals surface area (Å²) in [6.45, 7) is 4.19. The van der Waals surface area contributed by atoms with Crippen molar-refractivity contribution in [3.63, 3.8) is 0 Å². The minimum Gasteiger partial charge on any atom is -0.425 e.